The number of hydrogen-bond acceptors (Lipinski definition) is 2. The van der Waals surface area contributed by atoms with Gasteiger partial charge in [-0.2, -0.15) is 4.31 Å². The molecule has 0 spiro atoms. The van der Waals surface area contributed by atoms with Gasteiger partial charge in [-0.15, -0.1) is 11.6 Å². The van der Waals surface area contributed by atoms with Gasteiger partial charge in [0.15, 0.2) is 0 Å². The summed E-state index contributed by atoms with van der Waals surface area (Å²) in [6, 6.07) is 5.34. The Morgan fingerprint density at radius 2 is 2.00 bits per heavy atom. The average molecular weight is 367 g/mol. The van der Waals surface area contributed by atoms with Crippen molar-refractivity contribution >= 4 is 37.6 Å². The molecular weight excluding hydrogens is 350 g/mol. The number of sulfonamides is 1. The molecule has 0 radical (unpaired) electrons. The molecule has 0 atom stereocenters. The maximum atomic E-state index is 12.7. The van der Waals surface area contributed by atoms with Gasteiger partial charge in [-0.25, -0.2) is 8.42 Å². The number of nitrogens with zero attached hydrogens (tertiary/aromatic N) is 1. The standard InChI is InChI=1S/C13H17BrClNO2S/c1-16(11-4-2-3-5-11)19(17,18)13-8-10(9-15)6-7-12(13)14/h6-8,11H,2-5,9H2,1H3. The number of alkyl halides is 1. The molecular formula is C13H17BrClNO2S. The van der Waals surface area contributed by atoms with Crippen LogP contribution in [0.3, 0.4) is 0 Å². The Balaban J connectivity index is 2.38. The van der Waals surface area contributed by atoms with Crippen molar-refractivity contribution in [2.75, 3.05) is 7.05 Å². The van der Waals surface area contributed by atoms with Gasteiger partial charge in [0.25, 0.3) is 0 Å². The van der Waals surface area contributed by atoms with Crippen molar-refractivity contribution in [2.24, 2.45) is 0 Å². The van der Waals surface area contributed by atoms with Crippen molar-refractivity contribution in [3.8, 4) is 0 Å². The predicted molar refractivity (Wildman–Crippen MR) is 80.9 cm³/mol. The van der Waals surface area contributed by atoms with E-state index in [-0.39, 0.29) is 6.04 Å². The SMILES string of the molecule is CN(C1CCCC1)S(=O)(=O)c1cc(CCl)ccc1Br. The second-order valence-corrected chi connectivity index (χ2v) is 7.95. The number of halogens is 2. The zero-order chi connectivity index (χ0) is 14.0. The molecule has 1 aromatic rings. The van der Waals surface area contributed by atoms with Crippen molar-refractivity contribution in [3.63, 3.8) is 0 Å². The fraction of sp³-hybridized carbons (Fsp3) is 0.538. The van der Waals surface area contributed by atoms with Crippen LogP contribution in [0.25, 0.3) is 0 Å². The summed E-state index contributed by atoms with van der Waals surface area (Å²) >= 11 is 9.11. The first-order chi connectivity index (χ1) is 8.96. The molecule has 2 rings (SSSR count). The Hall–Kier alpha value is -0.100. The third-order valence-electron chi connectivity index (χ3n) is 3.65. The molecule has 3 nitrogen and oxygen atoms in total. The smallest absolute Gasteiger partial charge is 0.207 e. The van der Waals surface area contributed by atoms with Gasteiger partial charge in [-0.3, -0.25) is 0 Å². The summed E-state index contributed by atoms with van der Waals surface area (Å²) in [6.45, 7) is 0. The van der Waals surface area contributed by atoms with Crippen molar-refractivity contribution in [1.29, 1.82) is 0 Å². The van der Waals surface area contributed by atoms with E-state index in [0.29, 0.717) is 15.2 Å². The van der Waals surface area contributed by atoms with Gasteiger partial charge >= 0.3 is 0 Å². The molecule has 0 saturated heterocycles. The summed E-state index contributed by atoms with van der Waals surface area (Å²) in [5.74, 6) is 0.308. The van der Waals surface area contributed by atoms with Crippen LogP contribution in [0.15, 0.2) is 27.6 Å². The van der Waals surface area contributed by atoms with Gasteiger partial charge in [0.2, 0.25) is 10.0 Å². The lowest BCUT2D eigenvalue weighted by Gasteiger charge is -2.24. The zero-order valence-electron chi connectivity index (χ0n) is 10.8. The van der Waals surface area contributed by atoms with Gasteiger partial charge in [-0.05, 0) is 46.5 Å². The van der Waals surface area contributed by atoms with E-state index in [0.717, 1.165) is 31.2 Å². The normalized spacial score (nSPS) is 17.3. The van der Waals surface area contributed by atoms with E-state index in [9.17, 15) is 8.42 Å². The quantitative estimate of drug-likeness (QED) is 0.761. The Kier molecular flexibility index (Phi) is 4.93. The average Bonchev–Trinajstić information content (AvgIpc) is 2.92. The summed E-state index contributed by atoms with van der Waals surface area (Å²) in [7, 11) is -1.79. The molecule has 1 fully saturated rings. The second-order valence-electron chi connectivity index (χ2n) is 4.86. The lowest BCUT2D eigenvalue weighted by atomic mass is 10.2. The van der Waals surface area contributed by atoms with Crippen LogP contribution in [0.2, 0.25) is 0 Å². The van der Waals surface area contributed by atoms with Crippen molar-refractivity contribution in [2.45, 2.75) is 42.5 Å². The van der Waals surface area contributed by atoms with Gasteiger partial charge in [0, 0.05) is 23.4 Å². The fourth-order valence-corrected chi connectivity index (χ4v) is 5.00. The van der Waals surface area contributed by atoms with Crippen LogP contribution in [0.5, 0.6) is 0 Å². The topological polar surface area (TPSA) is 37.4 Å². The maximum absolute atomic E-state index is 12.7. The van der Waals surface area contributed by atoms with Gasteiger partial charge in [-0.1, -0.05) is 18.9 Å². The molecule has 0 aliphatic heterocycles. The highest BCUT2D eigenvalue weighted by atomic mass is 79.9. The molecule has 0 amide bonds. The number of benzene rings is 1. The van der Waals surface area contributed by atoms with Crippen molar-refractivity contribution < 1.29 is 8.42 Å². The minimum atomic E-state index is -3.46. The van der Waals surface area contributed by atoms with E-state index in [1.54, 1.807) is 19.2 Å². The first kappa shape index (κ1) is 15.3. The molecule has 1 aliphatic carbocycles. The van der Waals surface area contributed by atoms with E-state index >= 15 is 0 Å². The predicted octanol–water partition coefficient (Wildman–Crippen LogP) is 3.75. The highest BCUT2D eigenvalue weighted by Crippen LogP contribution is 2.31. The lowest BCUT2D eigenvalue weighted by Crippen LogP contribution is -2.35. The minimum Gasteiger partial charge on any atom is -0.207 e. The second kappa shape index (κ2) is 6.12. The van der Waals surface area contributed by atoms with Gasteiger partial charge in [0.05, 0.1) is 4.90 Å². The summed E-state index contributed by atoms with van der Waals surface area (Å²) in [6.07, 6.45) is 4.10. The third-order valence-corrected chi connectivity index (χ3v) is 6.86. The van der Waals surface area contributed by atoms with Crippen LogP contribution in [-0.4, -0.2) is 25.8 Å². The van der Waals surface area contributed by atoms with Crippen LogP contribution in [0.4, 0.5) is 0 Å². The van der Waals surface area contributed by atoms with Crippen LogP contribution in [0, 0.1) is 0 Å². The van der Waals surface area contributed by atoms with Crippen LogP contribution < -0.4 is 0 Å². The lowest BCUT2D eigenvalue weighted by molar-refractivity contribution is 0.373. The Morgan fingerprint density at radius 1 is 1.37 bits per heavy atom. The zero-order valence-corrected chi connectivity index (χ0v) is 13.9. The molecule has 0 heterocycles. The Labute approximate surface area is 128 Å². The molecule has 0 N–H and O–H groups in total. The highest BCUT2D eigenvalue weighted by Gasteiger charge is 2.31. The van der Waals surface area contributed by atoms with E-state index in [4.69, 9.17) is 11.6 Å². The Morgan fingerprint density at radius 3 is 2.58 bits per heavy atom. The number of hydrogen-bond donors (Lipinski definition) is 0. The molecule has 6 heteroatoms. The van der Waals surface area contributed by atoms with E-state index in [1.807, 2.05) is 6.07 Å². The molecule has 1 aliphatic rings. The molecule has 0 unspecified atom stereocenters. The summed E-state index contributed by atoms with van der Waals surface area (Å²) in [5, 5.41) is 0. The van der Waals surface area contributed by atoms with E-state index in [2.05, 4.69) is 15.9 Å². The Bertz CT molecular complexity index is 556. The first-order valence-electron chi connectivity index (χ1n) is 6.29. The van der Waals surface area contributed by atoms with Crippen LogP contribution >= 0.6 is 27.5 Å². The van der Waals surface area contributed by atoms with Gasteiger partial charge in [0.1, 0.15) is 0 Å². The summed E-state index contributed by atoms with van der Waals surface area (Å²) < 4.78 is 27.4. The monoisotopic (exact) mass is 365 g/mol. The minimum absolute atomic E-state index is 0.122. The molecule has 106 valence electrons. The first-order valence-corrected chi connectivity index (χ1v) is 9.06. The summed E-state index contributed by atoms with van der Waals surface area (Å²) in [4.78, 5) is 0.306. The van der Waals surface area contributed by atoms with Crippen LogP contribution in [0.1, 0.15) is 31.2 Å². The molecule has 0 aromatic heterocycles. The van der Waals surface area contributed by atoms with E-state index < -0.39 is 10.0 Å². The summed E-state index contributed by atoms with van der Waals surface area (Å²) in [5.41, 5.74) is 0.809. The fourth-order valence-electron chi connectivity index (χ4n) is 2.45. The molecule has 0 bridgehead atoms. The molecule has 1 saturated carbocycles. The van der Waals surface area contributed by atoms with Crippen molar-refractivity contribution in [1.82, 2.24) is 4.31 Å². The highest BCUT2D eigenvalue weighted by molar-refractivity contribution is 9.10. The van der Waals surface area contributed by atoms with Gasteiger partial charge < -0.3 is 0 Å². The number of rotatable bonds is 4. The van der Waals surface area contributed by atoms with Crippen molar-refractivity contribution in [3.05, 3.63) is 28.2 Å². The third kappa shape index (κ3) is 3.15. The van der Waals surface area contributed by atoms with Crippen LogP contribution in [-0.2, 0) is 15.9 Å². The van der Waals surface area contributed by atoms with E-state index in [1.165, 1.54) is 4.31 Å². The molecule has 1 aromatic carbocycles. The maximum Gasteiger partial charge on any atom is 0.244 e. The largest absolute Gasteiger partial charge is 0.244 e. The molecule has 19 heavy (non-hydrogen) atoms.